The second-order valence-corrected chi connectivity index (χ2v) is 9.48. The van der Waals surface area contributed by atoms with Crippen LogP contribution < -0.4 is 10.6 Å². The zero-order valence-electron chi connectivity index (χ0n) is 20.2. The van der Waals surface area contributed by atoms with Gasteiger partial charge in [-0.25, -0.2) is 4.79 Å². The third kappa shape index (κ3) is 8.31. The zero-order chi connectivity index (χ0) is 23.8. The zero-order valence-corrected chi connectivity index (χ0v) is 20.2. The third-order valence-electron chi connectivity index (χ3n) is 5.68. The van der Waals surface area contributed by atoms with Crippen molar-refractivity contribution in [3.8, 4) is 0 Å². The molecule has 0 aromatic heterocycles. The minimum Gasteiger partial charge on any atom is -0.466 e. The number of hydrogen-bond acceptors (Lipinski definition) is 6. The molecule has 5 atom stereocenters. The van der Waals surface area contributed by atoms with Gasteiger partial charge in [-0.2, -0.15) is 0 Å². The van der Waals surface area contributed by atoms with E-state index in [2.05, 4.69) is 24.5 Å². The van der Waals surface area contributed by atoms with E-state index >= 15 is 0 Å². The predicted octanol–water partition coefficient (Wildman–Crippen LogP) is 3.16. The van der Waals surface area contributed by atoms with Gasteiger partial charge < -0.3 is 25.2 Å². The number of esters is 1. The molecule has 1 saturated carbocycles. The summed E-state index contributed by atoms with van der Waals surface area (Å²) >= 11 is 0. The molecule has 0 heterocycles. The quantitative estimate of drug-likeness (QED) is 0.448. The maximum Gasteiger partial charge on any atom is 0.407 e. The van der Waals surface area contributed by atoms with Crippen molar-refractivity contribution in [1.29, 1.82) is 0 Å². The number of carbonyl (C=O) groups is 3. The van der Waals surface area contributed by atoms with E-state index in [4.69, 9.17) is 9.47 Å². The Bertz CT molecular complexity index is 597. The summed E-state index contributed by atoms with van der Waals surface area (Å²) in [7, 11) is 0. The lowest BCUT2D eigenvalue weighted by molar-refractivity contribution is -0.151. The summed E-state index contributed by atoms with van der Waals surface area (Å²) in [4.78, 5) is 37.1. The summed E-state index contributed by atoms with van der Waals surface area (Å²) < 4.78 is 10.6. The average molecular weight is 443 g/mol. The van der Waals surface area contributed by atoms with Gasteiger partial charge >= 0.3 is 12.1 Å². The maximum atomic E-state index is 12.5. The molecule has 1 aliphatic rings. The van der Waals surface area contributed by atoms with Crippen LogP contribution in [-0.4, -0.2) is 53.5 Å². The molecular formula is C23H42N2O6. The molecule has 1 rings (SSSR count). The maximum absolute atomic E-state index is 12.5. The fraction of sp³-hybridized carbons (Fsp3) is 0.870. The smallest absolute Gasteiger partial charge is 0.407 e. The molecule has 3 N–H and O–H groups in total. The van der Waals surface area contributed by atoms with E-state index in [0.717, 1.165) is 25.7 Å². The number of ether oxygens (including phenoxy) is 2. The highest BCUT2D eigenvalue weighted by atomic mass is 16.6. The largest absolute Gasteiger partial charge is 0.466 e. The van der Waals surface area contributed by atoms with E-state index < -0.39 is 41.6 Å². The Kier molecular flexibility index (Phi) is 10.8. The average Bonchev–Trinajstić information content (AvgIpc) is 2.94. The van der Waals surface area contributed by atoms with Crippen molar-refractivity contribution in [1.82, 2.24) is 10.6 Å². The van der Waals surface area contributed by atoms with Gasteiger partial charge in [0.25, 0.3) is 0 Å². The van der Waals surface area contributed by atoms with E-state index in [9.17, 15) is 19.5 Å². The second-order valence-electron chi connectivity index (χ2n) is 9.48. The fourth-order valence-electron chi connectivity index (χ4n) is 4.65. The Balaban J connectivity index is 3.28. The number of amides is 2. The lowest BCUT2D eigenvalue weighted by atomic mass is 9.79. The summed E-state index contributed by atoms with van der Waals surface area (Å²) in [5, 5.41) is 17.1. The molecule has 180 valence electrons. The van der Waals surface area contributed by atoms with Crippen LogP contribution in [0.3, 0.4) is 0 Å². The van der Waals surface area contributed by atoms with Gasteiger partial charge in [-0.15, -0.1) is 0 Å². The molecule has 0 bridgehead atoms. The number of rotatable bonds is 10. The first-order chi connectivity index (χ1) is 14.4. The van der Waals surface area contributed by atoms with E-state index in [-0.39, 0.29) is 30.9 Å². The molecule has 0 aromatic carbocycles. The van der Waals surface area contributed by atoms with Gasteiger partial charge in [-0.05, 0) is 52.9 Å². The Morgan fingerprint density at radius 3 is 2.13 bits per heavy atom. The number of nitrogens with one attached hydrogen (secondary N) is 2. The molecule has 2 amide bonds. The molecular weight excluding hydrogens is 400 g/mol. The van der Waals surface area contributed by atoms with Crippen molar-refractivity contribution in [3.63, 3.8) is 0 Å². The van der Waals surface area contributed by atoms with Crippen LogP contribution in [0.2, 0.25) is 0 Å². The van der Waals surface area contributed by atoms with E-state index in [1.54, 1.807) is 27.7 Å². The van der Waals surface area contributed by atoms with Gasteiger partial charge in [0.2, 0.25) is 5.91 Å². The van der Waals surface area contributed by atoms with Crippen LogP contribution in [0.1, 0.15) is 80.6 Å². The Morgan fingerprint density at radius 2 is 1.68 bits per heavy atom. The van der Waals surface area contributed by atoms with Crippen molar-refractivity contribution in [2.24, 2.45) is 17.8 Å². The van der Waals surface area contributed by atoms with Crippen molar-refractivity contribution >= 4 is 18.0 Å². The molecule has 1 unspecified atom stereocenters. The lowest BCUT2D eigenvalue weighted by Gasteiger charge is -2.37. The highest BCUT2D eigenvalue weighted by Gasteiger charge is 2.52. The van der Waals surface area contributed by atoms with Gasteiger partial charge in [-0.3, -0.25) is 9.59 Å². The lowest BCUT2D eigenvalue weighted by Crippen LogP contribution is -2.54. The van der Waals surface area contributed by atoms with Crippen LogP contribution in [0.5, 0.6) is 0 Å². The third-order valence-corrected chi connectivity index (χ3v) is 5.68. The number of alkyl carbamates (subject to hydrolysis) is 1. The summed E-state index contributed by atoms with van der Waals surface area (Å²) in [5.74, 6) is -1.89. The van der Waals surface area contributed by atoms with Crippen LogP contribution in [0, 0.1) is 17.8 Å². The summed E-state index contributed by atoms with van der Waals surface area (Å²) in [6, 6.07) is -0.918. The van der Waals surface area contributed by atoms with Gasteiger partial charge in [0.05, 0.1) is 18.6 Å². The number of aliphatic hydroxyl groups excluding tert-OH is 1. The predicted molar refractivity (Wildman–Crippen MR) is 118 cm³/mol. The highest BCUT2D eigenvalue weighted by molar-refractivity contribution is 5.75. The van der Waals surface area contributed by atoms with Crippen molar-refractivity contribution in [3.05, 3.63) is 0 Å². The molecule has 8 nitrogen and oxygen atoms in total. The van der Waals surface area contributed by atoms with Crippen LogP contribution in [0.4, 0.5) is 4.79 Å². The Labute approximate surface area is 186 Å². The Hall–Kier alpha value is -1.83. The molecule has 8 heteroatoms. The minimum atomic E-state index is -1.05. The molecule has 0 radical (unpaired) electrons. The molecule has 0 spiro atoms. The molecule has 31 heavy (non-hydrogen) atoms. The summed E-state index contributed by atoms with van der Waals surface area (Å²) in [6.45, 7) is 12.8. The van der Waals surface area contributed by atoms with E-state index in [1.807, 2.05) is 0 Å². The molecule has 1 fully saturated rings. The first-order valence-corrected chi connectivity index (χ1v) is 11.6. The monoisotopic (exact) mass is 442 g/mol. The molecule has 1 aliphatic carbocycles. The van der Waals surface area contributed by atoms with Crippen molar-refractivity contribution < 1.29 is 29.0 Å². The molecule has 0 aromatic rings. The fourth-order valence-corrected chi connectivity index (χ4v) is 4.65. The van der Waals surface area contributed by atoms with Gasteiger partial charge in [0.1, 0.15) is 5.60 Å². The summed E-state index contributed by atoms with van der Waals surface area (Å²) in [6.07, 6.45) is 2.15. The van der Waals surface area contributed by atoms with Crippen molar-refractivity contribution in [2.45, 2.75) is 104 Å². The van der Waals surface area contributed by atoms with Gasteiger partial charge in [-0.1, -0.05) is 26.7 Å². The second kappa shape index (κ2) is 12.3. The topological polar surface area (TPSA) is 114 Å². The van der Waals surface area contributed by atoms with E-state index in [1.165, 1.54) is 6.92 Å². The first kappa shape index (κ1) is 27.2. The van der Waals surface area contributed by atoms with Crippen molar-refractivity contribution in [2.75, 3.05) is 6.61 Å². The van der Waals surface area contributed by atoms with Crippen LogP contribution in [-0.2, 0) is 19.1 Å². The van der Waals surface area contributed by atoms with Gasteiger partial charge in [0, 0.05) is 24.9 Å². The highest BCUT2D eigenvalue weighted by Crippen LogP contribution is 2.39. The summed E-state index contributed by atoms with van der Waals surface area (Å²) in [5.41, 5.74) is -0.679. The normalized spacial score (nSPS) is 24.5. The minimum absolute atomic E-state index is 0.113. The Morgan fingerprint density at radius 1 is 1.10 bits per heavy atom. The number of aliphatic hydroxyl groups is 1. The SMILES string of the molecule is CCCC(CCC)C(NC(C)=O)[C@@H]1[C@H](O)[C@@H](C(=O)OCC)C[C@H]1NC(=O)OC(C)(C)C. The van der Waals surface area contributed by atoms with E-state index in [0.29, 0.717) is 0 Å². The van der Waals surface area contributed by atoms with Gasteiger partial charge in [0.15, 0.2) is 0 Å². The standard InChI is InChI=1S/C23H42N2O6/c1-8-11-15(12-9-2)19(24-14(4)26)18-17(25-22(29)31-23(5,6)7)13-16(20(18)27)21(28)30-10-3/h15-20,27H,8-13H2,1-7H3,(H,24,26)(H,25,29)/t16-,17+,18+,19?,20+/m0/s1. The number of carbonyl (C=O) groups excluding carboxylic acids is 3. The van der Waals surface area contributed by atoms with Crippen LogP contribution in [0.25, 0.3) is 0 Å². The number of hydrogen-bond donors (Lipinski definition) is 3. The first-order valence-electron chi connectivity index (χ1n) is 11.6. The molecule has 0 aliphatic heterocycles. The molecule has 0 saturated heterocycles. The van der Waals surface area contributed by atoms with Crippen LogP contribution in [0.15, 0.2) is 0 Å². The van der Waals surface area contributed by atoms with Crippen LogP contribution >= 0.6 is 0 Å².